The van der Waals surface area contributed by atoms with Gasteiger partial charge in [-0.25, -0.2) is 4.68 Å². The highest BCUT2D eigenvalue weighted by atomic mass is 35.5. The number of furan rings is 1. The Bertz CT molecular complexity index is 1020. The number of halogens is 1. The first-order valence-corrected chi connectivity index (χ1v) is 9.34. The number of carbonyl (C=O) groups is 2. The predicted molar refractivity (Wildman–Crippen MR) is 104 cm³/mol. The van der Waals surface area contributed by atoms with Gasteiger partial charge in [0.05, 0.1) is 12.0 Å². The Morgan fingerprint density at radius 2 is 2.07 bits per heavy atom. The summed E-state index contributed by atoms with van der Waals surface area (Å²) in [4.78, 5) is 24.3. The molecule has 8 heteroatoms. The number of amides is 2. The van der Waals surface area contributed by atoms with Crippen LogP contribution in [0, 0.1) is 0 Å². The second-order valence-corrected chi connectivity index (χ2v) is 7.45. The van der Waals surface area contributed by atoms with E-state index in [1.54, 1.807) is 47.3 Å². The molecule has 2 amide bonds. The van der Waals surface area contributed by atoms with E-state index in [1.807, 2.05) is 6.07 Å². The quantitative estimate of drug-likeness (QED) is 0.664. The van der Waals surface area contributed by atoms with Crippen LogP contribution in [0.2, 0.25) is 5.02 Å². The maximum atomic E-state index is 12.9. The van der Waals surface area contributed by atoms with Gasteiger partial charge in [0.25, 0.3) is 5.91 Å². The van der Waals surface area contributed by atoms with Crippen LogP contribution in [-0.2, 0) is 4.79 Å². The van der Waals surface area contributed by atoms with Gasteiger partial charge < -0.3 is 15.5 Å². The van der Waals surface area contributed by atoms with Crippen molar-refractivity contribution < 1.29 is 14.0 Å². The molecule has 4 rings (SSSR count). The smallest absolute Gasteiger partial charge is 0.272 e. The van der Waals surface area contributed by atoms with Crippen LogP contribution < -0.4 is 11.1 Å². The minimum absolute atomic E-state index is 0.124. The molecule has 7 nitrogen and oxygen atoms in total. The molecule has 0 aliphatic heterocycles. The van der Waals surface area contributed by atoms with Gasteiger partial charge in [0.2, 0.25) is 5.91 Å². The summed E-state index contributed by atoms with van der Waals surface area (Å²) in [6, 6.07) is 12.4. The molecule has 0 unspecified atom stereocenters. The van der Waals surface area contributed by atoms with Crippen LogP contribution >= 0.6 is 11.6 Å². The molecule has 1 aliphatic carbocycles. The van der Waals surface area contributed by atoms with E-state index in [0.29, 0.717) is 22.2 Å². The predicted octanol–water partition coefficient (Wildman–Crippen LogP) is 3.31. The Morgan fingerprint density at radius 3 is 2.68 bits per heavy atom. The van der Waals surface area contributed by atoms with Gasteiger partial charge in [-0.2, -0.15) is 5.10 Å². The van der Waals surface area contributed by atoms with E-state index < -0.39 is 11.4 Å². The largest absolute Gasteiger partial charge is 0.463 e. The standard InChI is InChI=1S/C20H19ClN4O3/c21-13-4-1-5-14(10-13)25-16(17-6-2-9-28-17)11-15(24-25)19(27)23-20(7-3-8-20)12-18(22)26/h1-2,4-6,9-11H,3,7-8,12H2,(H2,22,26)(H,23,27). The number of nitrogens with zero attached hydrogens (tertiary/aromatic N) is 2. The fraction of sp³-hybridized carbons (Fsp3) is 0.250. The summed E-state index contributed by atoms with van der Waals surface area (Å²) in [5.41, 5.74) is 6.32. The van der Waals surface area contributed by atoms with Crippen molar-refractivity contribution in [2.24, 2.45) is 5.73 Å². The highest BCUT2D eigenvalue weighted by Gasteiger charge is 2.40. The van der Waals surface area contributed by atoms with E-state index in [-0.39, 0.29) is 18.0 Å². The molecule has 1 aliphatic rings. The van der Waals surface area contributed by atoms with Gasteiger partial charge >= 0.3 is 0 Å². The number of primary amides is 1. The molecule has 2 heterocycles. The lowest BCUT2D eigenvalue weighted by Crippen LogP contribution is -2.55. The molecule has 0 atom stereocenters. The van der Waals surface area contributed by atoms with Crippen LogP contribution in [0.4, 0.5) is 0 Å². The van der Waals surface area contributed by atoms with Gasteiger partial charge in [0.1, 0.15) is 5.69 Å². The molecule has 2 aromatic heterocycles. The maximum Gasteiger partial charge on any atom is 0.272 e. The van der Waals surface area contributed by atoms with Gasteiger partial charge in [-0.15, -0.1) is 0 Å². The molecule has 144 valence electrons. The number of nitrogens with two attached hydrogens (primary N) is 1. The van der Waals surface area contributed by atoms with E-state index in [0.717, 1.165) is 19.3 Å². The molecule has 0 radical (unpaired) electrons. The van der Waals surface area contributed by atoms with Crippen LogP contribution in [0.15, 0.2) is 53.1 Å². The average Bonchev–Trinajstić information content (AvgIpc) is 3.28. The zero-order valence-electron chi connectivity index (χ0n) is 15.0. The number of carbonyl (C=O) groups excluding carboxylic acids is 2. The summed E-state index contributed by atoms with van der Waals surface area (Å²) < 4.78 is 7.12. The molecule has 0 saturated heterocycles. The Morgan fingerprint density at radius 1 is 1.25 bits per heavy atom. The first kappa shape index (κ1) is 18.3. The topological polar surface area (TPSA) is 103 Å². The molecule has 3 aromatic rings. The van der Waals surface area contributed by atoms with Crippen molar-refractivity contribution in [1.29, 1.82) is 0 Å². The van der Waals surface area contributed by atoms with E-state index in [1.165, 1.54) is 0 Å². The van der Waals surface area contributed by atoms with Crippen LogP contribution in [0.25, 0.3) is 17.1 Å². The van der Waals surface area contributed by atoms with E-state index in [4.69, 9.17) is 21.8 Å². The zero-order chi connectivity index (χ0) is 19.7. The molecule has 1 saturated carbocycles. The van der Waals surface area contributed by atoms with Crippen molar-refractivity contribution in [2.75, 3.05) is 0 Å². The van der Waals surface area contributed by atoms with Crippen molar-refractivity contribution >= 4 is 23.4 Å². The van der Waals surface area contributed by atoms with Crippen molar-refractivity contribution in [1.82, 2.24) is 15.1 Å². The summed E-state index contributed by atoms with van der Waals surface area (Å²) >= 11 is 6.12. The van der Waals surface area contributed by atoms with Crippen molar-refractivity contribution in [2.45, 2.75) is 31.2 Å². The summed E-state index contributed by atoms with van der Waals surface area (Å²) in [6.45, 7) is 0. The maximum absolute atomic E-state index is 12.9. The Kier molecular flexibility index (Phi) is 4.68. The minimum Gasteiger partial charge on any atom is -0.463 e. The summed E-state index contributed by atoms with van der Waals surface area (Å²) in [5, 5.41) is 7.98. The number of hydrogen-bond donors (Lipinski definition) is 2. The summed E-state index contributed by atoms with van der Waals surface area (Å²) in [5.74, 6) is -0.211. The average molecular weight is 399 g/mol. The van der Waals surface area contributed by atoms with E-state index in [9.17, 15) is 9.59 Å². The number of benzene rings is 1. The van der Waals surface area contributed by atoms with Crippen LogP contribution in [0.5, 0.6) is 0 Å². The third-order valence-corrected chi connectivity index (χ3v) is 5.21. The number of nitrogens with one attached hydrogen (secondary N) is 1. The fourth-order valence-corrected chi connectivity index (χ4v) is 3.67. The molecule has 28 heavy (non-hydrogen) atoms. The molecule has 0 bridgehead atoms. The highest BCUT2D eigenvalue weighted by molar-refractivity contribution is 6.30. The normalized spacial score (nSPS) is 15.0. The second kappa shape index (κ2) is 7.16. The van der Waals surface area contributed by atoms with E-state index >= 15 is 0 Å². The fourth-order valence-electron chi connectivity index (χ4n) is 3.48. The SMILES string of the molecule is NC(=O)CC1(NC(=O)c2cc(-c3ccco3)n(-c3cccc(Cl)c3)n2)CCC1. The van der Waals surface area contributed by atoms with Crippen LogP contribution in [-0.4, -0.2) is 27.1 Å². The lowest BCUT2D eigenvalue weighted by Gasteiger charge is -2.41. The summed E-state index contributed by atoms with van der Waals surface area (Å²) in [6.07, 6.45) is 4.07. The molecule has 1 fully saturated rings. The minimum atomic E-state index is -0.576. The van der Waals surface area contributed by atoms with Gasteiger partial charge in [0.15, 0.2) is 11.5 Å². The lowest BCUT2D eigenvalue weighted by molar-refractivity contribution is -0.120. The van der Waals surface area contributed by atoms with E-state index in [2.05, 4.69) is 10.4 Å². The third kappa shape index (κ3) is 3.53. The highest BCUT2D eigenvalue weighted by Crippen LogP contribution is 2.35. The van der Waals surface area contributed by atoms with Crippen molar-refractivity contribution in [3.63, 3.8) is 0 Å². The zero-order valence-corrected chi connectivity index (χ0v) is 15.8. The molecule has 3 N–H and O–H groups in total. The van der Waals surface area contributed by atoms with Gasteiger partial charge in [-0.3, -0.25) is 9.59 Å². The second-order valence-electron chi connectivity index (χ2n) is 7.01. The third-order valence-electron chi connectivity index (χ3n) is 4.97. The molecule has 1 aromatic carbocycles. The lowest BCUT2D eigenvalue weighted by atomic mass is 9.74. The Labute approximate surface area is 166 Å². The van der Waals surface area contributed by atoms with Gasteiger partial charge in [-0.1, -0.05) is 17.7 Å². The number of hydrogen-bond acceptors (Lipinski definition) is 4. The number of rotatable bonds is 6. The monoisotopic (exact) mass is 398 g/mol. The van der Waals surface area contributed by atoms with Crippen molar-refractivity contribution in [3.8, 4) is 17.1 Å². The molecule has 0 spiro atoms. The first-order chi connectivity index (χ1) is 13.5. The van der Waals surface area contributed by atoms with Gasteiger partial charge in [0, 0.05) is 23.0 Å². The Balaban J connectivity index is 1.69. The van der Waals surface area contributed by atoms with Crippen LogP contribution in [0.3, 0.4) is 0 Å². The molecular weight excluding hydrogens is 380 g/mol. The summed E-state index contributed by atoms with van der Waals surface area (Å²) in [7, 11) is 0. The van der Waals surface area contributed by atoms with Crippen molar-refractivity contribution in [3.05, 3.63) is 59.4 Å². The Hall–Kier alpha value is -3.06. The van der Waals surface area contributed by atoms with Crippen LogP contribution in [0.1, 0.15) is 36.2 Å². The molecular formula is C20H19ClN4O3. The van der Waals surface area contributed by atoms with Gasteiger partial charge in [-0.05, 0) is 49.6 Å². The first-order valence-electron chi connectivity index (χ1n) is 8.96. The number of aromatic nitrogens is 2.